The number of hydrogen-bond donors (Lipinski definition) is 0. The molecule has 0 atom stereocenters. The summed E-state index contributed by atoms with van der Waals surface area (Å²) in [5.74, 6) is -0.612. The minimum atomic E-state index is -0.331. The van der Waals surface area contributed by atoms with Crippen LogP contribution >= 0.6 is 0 Å². The number of aromatic nitrogens is 3. The van der Waals surface area contributed by atoms with Crippen molar-refractivity contribution >= 4 is 10.9 Å². The van der Waals surface area contributed by atoms with E-state index >= 15 is 0 Å². The van der Waals surface area contributed by atoms with E-state index in [1.807, 2.05) is 48.0 Å². The molecule has 0 radical (unpaired) electrons. The quantitative estimate of drug-likeness (QED) is 0.391. The van der Waals surface area contributed by atoms with Crippen LogP contribution in [0.5, 0.6) is 0 Å². The molecule has 3 aromatic rings. The summed E-state index contributed by atoms with van der Waals surface area (Å²) in [5.41, 5.74) is 5.99. The molecule has 0 fully saturated rings. The van der Waals surface area contributed by atoms with E-state index < -0.39 is 0 Å². The normalized spacial score (nSPS) is 11.4. The van der Waals surface area contributed by atoms with Crippen molar-refractivity contribution in [2.45, 2.75) is 13.5 Å². The van der Waals surface area contributed by atoms with Crippen molar-refractivity contribution < 1.29 is 8.78 Å². The Kier molecular flexibility index (Phi) is 4.09. The molecule has 0 N–H and O–H groups in total. The van der Waals surface area contributed by atoms with Crippen LogP contribution in [0.3, 0.4) is 0 Å². The summed E-state index contributed by atoms with van der Waals surface area (Å²) in [6, 6.07) is 19.2. The molecular formula is C24H17F2N3. The third kappa shape index (κ3) is 3.14. The highest BCUT2D eigenvalue weighted by Crippen LogP contribution is 2.37. The molecule has 0 unspecified atom stereocenters. The Labute approximate surface area is 166 Å². The van der Waals surface area contributed by atoms with E-state index in [9.17, 15) is 8.78 Å². The maximum absolute atomic E-state index is 14.0. The summed E-state index contributed by atoms with van der Waals surface area (Å²) in [5, 5.41) is 9.44. The standard InChI is InChI=1S/C24H17F2N3/c1-15-5-7-17(8-6-15)23-21-14-29(13-16-3-2-4-18(25)11-16)22-10-9-19(26)12-20(22)24(21)28-27-23/h2-12,14H,13H2,1H3. The molecule has 0 aromatic heterocycles. The first-order valence-corrected chi connectivity index (χ1v) is 9.35. The predicted octanol–water partition coefficient (Wildman–Crippen LogP) is 5.84. The number of nitrogens with zero attached hydrogens (tertiary/aromatic N) is 3. The Morgan fingerprint density at radius 2 is 1.59 bits per heavy atom. The SMILES string of the molecule is Cc1ccc(-c2nnc3c4cc(F)ccc4n(Cc4cccc(F)c4)cc2-3)cc1. The highest BCUT2D eigenvalue weighted by molar-refractivity contribution is 5.98. The number of halogens is 2. The van der Waals surface area contributed by atoms with Crippen LogP contribution in [0.1, 0.15) is 11.1 Å². The van der Waals surface area contributed by atoms with Crippen LogP contribution < -0.4 is 0 Å². The third-order valence-electron chi connectivity index (χ3n) is 5.14. The fourth-order valence-electron chi connectivity index (χ4n) is 3.70. The van der Waals surface area contributed by atoms with Crippen molar-refractivity contribution in [1.82, 2.24) is 14.8 Å². The van der Waals surface area contributed by atoms with E-state index in [2.05, 4.69) is 10.2 Å². The monoisotopic (exact) mass is 385 g/mol. The molecule has 0 saturated heterocycles. The first-order chi connectivity index (χ1) is 14.1. The Hall–Kier alpha value is -3.60. The largest absolute Gasteiger partial charge is 0.342 e. The molecule has 0 saturated carbocycles. The number of rotatable bonds is 3. The fourth-order valence-corrected chi connectivity index (χ4v) is 3.70. The van der Waals surface area contributed by atoms with E-state index in [1.54, 1.807) is 12.1 Å². The molecule has 0 bridgehead atoms. The highest BCUT2D eigenvalue weighted by atomic mass is 19.1. The van der Waals surface area contributed by atoms with Crippen LogP contribution in [0.4, 0.5) is 8.78 Å². The van der Waals surface area contributed by atoms with Crippen LogP contribution in [0, 0.1) is 18.6 Å². The Bertz CT molecular complexity index is 1310. The molecule has 0 aliphatic carbocycles. The van der Waals surface area contributed by atoms with Gasteiger partial charge < -0.3 is 4.57 Å². The molecule has 3 aromatic carbocycles. The summed E-state index contributed by atoms with van der Waals surface area (Å²) in [6.07, 6.45) is 1.97. The maximum atomic E-state index is 14.0. The number of benzene rings is 3. The Balaban J connectivity index is 1.74. The maximum Gasteiger partial charge on any atom is 0.124 e. The molecule has 0 amide bonds. The van der Waals surface area contributed by atoms with Gasteiger partial charge in [-0.05, 0) is 42.8 Å². The topological polar surface area (TPSA) is 30.7 Å². The van der Waals surface area contributed by atoms with Gasteiger partial charge in [-0.2, -0.15) is 0 Å². The van der Waals surface area contributed by atoms with Crippen molar-refractivity contribution in [3.63, 3.8) is 0 Å². The highest BCUT2D eigenvalue weighted by Gasteiger charge is 2.20. The fraction of sp³-hybridized carbons (Fsp3) is 0.0833. The van der Waals surface area contributed by atoms with Crippen LogP contribution in [0.15, 0.2) is 72.9 Å². The number of aryl methyl sites for hydroxylation is 1. The number of pyridine rings is 1. The minimum Gasteiger partial charge on any atom is -0.342 e. The van der Waals surface area contributed by atoms with Gasteiger partial charge in [-0.3, -0.25) is 0 Å². The van der Waals surface area contributed by atoms with Gasteiger partial charge in [-0.1, -0.05) is 42.0 Å². The van der Waals surface area contributed by atoms with Crippen LogP contribution in [-0.2, 0) is 6.54 Å². The number of fused-ring (bicyclic) bond motifs is 3. The van der Waals surface area contributed by atoms with Gasteiger partial charge in [-0.25, -0.2) is 8.78 Å². The zero-order valence-corrected chi connectivity index (χ0v) is 15.7. The van der Waals surface area contributed by atoms with Crippen LogP contribution in [0.2, 0.25) is 0 Å². The molecule has 29 heavy (non-hydrogen) atoms. The zero-order chi connectivity index (χ0) is 20.0. The van der Waals surface area contributed by atoms with Crippen LogP contribution in [0.25, 0.3) is 33.4 Å². The van der Waals surface area contributed by atoms with E-state index in [-0.39, 0.29) is 11.6 Å². The van der Waals surface area contributed by atoms with Crippen molar-refractivity contribution in [1.29, 1.82) is 0 Å². The van der Waals surface area contributed by atoms with Crippen molar-refractivity contribution in [3.05, 3.63) is 95.7 Å². The lowest BCUT2D eigenvalue weighted by molar-refractivity contribution is 0.624. The molecule has 2 aliphatic heterocycles. The van der Waals surface area contributed by atoms with E-state index in [1.165, 1.54) is 24.3 Å². The van der Waals surface area contributed by atoms with E-state index in [0.717, 1.165) is 33.5 Å². The molecular weight excluding hydrogens is 368 g/mol. The van der Waals surface area contributed by atoms with Gasteiger partial charge in [0.05, 0.1) is 5.52 Å². The minimum absolute atomic E-state index is 0.281. The van der Waals surface area contributed by atoms with Gasteiger partial charge in [0.1, 0.15) is 23.0 Å². The first-order valence-electron chi connectivity index (χ1n) is 9.35. The van der Waals surface area contributed by atoms with Gasteiger partial charge in [0.25, 0.3) is 0 Å². The molecule has 2 aliphatic rings. The second-order valence-corrected chi connectivity index (χ2v) is 7.23. The summed E-state index contributed by atoms with van der Waals surface area (Å²) >= 11 is 0. The van der Waals surface area contributed by atoms with Crippen molar-refractivity contribution in [2.75, 3.05) is 0 Å². The molecule has 2 heterocycles. The molecule has 142 valence electrons. The van der Waals surface area contributed by atoms with E-state index in [0.29, 0.717) is 17.6 Å². The lowest BCUT2D eigenvalue weighted by atomic mass is 10.0. The molecule has 0 spiro atoms. The van der Waals surface area contributed by atoms with Gasteiger partial charge in [0.15, 0.2) is 0 Å². The predicted molar refractivity (Wildman–Crippen MR) is 110 cm³/mol. The van der Waals surface area contributed by atoms with Gasteiger partial charge in [0, 0.05) is 29.3 Å². The second-order valence-electron chi connectivity index (χ2n) is 7.23. The zero-order valence-electron chi connectivity index (χ0n) is 15.7. The van der Waals surface area contributed by atoms with Crippen molar-refractivity contribution in [3.8, 4) is 22.5 Å². The third-order valence-corrected chi connectivity index (χ3v) is 5.14. The average Bonchev–Trinajstić information content (AvgIpc) is 3.12. The smallest absolute Gasteiger partial charge is 0.124 e. The van der Waals surface area contributed by atoms with Gasteiger partial charge in [0.2, 0.25) is 0 Å². The Morgan fingerprint density at radius 3 is 2.38 bits per heavy atom. The lowest BCUT2D eigenvalue weighted by Gasteiger charge is -2.15. The second kappa shape index (κ2) is 6.78. The lowest BCUT2D eigenvalue weighted by Crippen LogP contribution is -2.04. The Morgan fingerprint density at radius 1 is 0.828 bits per heavy atom. The van der Waals surface area contributed by atoms with Crippen molar-refractivity contribution in [2.24, 2.45) is 0 Å². The van der Waals surface area contributed by atoms with Gasteiger partial charge >= 0.3 is 0 Å². The van der Waals surface area contributed by atoms with E-state index in [4.69, 9.17) is 0 Å². The van der Waals surface area contributed by atoms with Crippen LogP contribution in [-0.4, -0.2) is 14.8 Å². The summed E-state index contributed by atoms with van der Waals surface area (Å²) in [6.45, 7) is 2.48. The molecule has 3 nitrogen and oxygen atoms in total. The average molecular weight is 385 g/mol. The summed E-state index contributed by atoms with van der Waals surface area (Å²) < 4.78 is 29.7. The summed E-state index contributed by atoms with van der Waals surface area (Å²) in [7, 11) is 0. The molecule has 5 rings (SSSR count). The first kappa shape index (κ1) is 17.5. The number of hydrogen-bond acceptors (Lipinski definition) is 2. The van der Waals surface area contributed by atoms with Gasteiger partial charge in [-0.15, -0.1) is 10.2 Å². The summed E-state index contributed by atoms with van der Waals surface area (Å²) in [4.78, 5) is 0. The molecule has 5 heteroatoms.